The maximum absolute atomic E-state index is 4.61. The molecule has 0 saturated heterocycles. The first kappa shape index (κ1) is 13.6. The molecule has 3 heteroatoms. The normalized spacial score (nSPS) is 25.5. The molecule has 1 fully saturated rings. The van der Waals surface area contributed by atoms with Gasteiger partial charge in [-0.3, -0.25) is 4.68 Å². The SMILES string of the molecule is CCC(C)n1ccc(CNCC2CCC(C)C2)n1. The van der Waals surface area contributed by atoms with Crippen molar-refractivity contribution in [1.82, 2.24) is 15.1 Å². The van der Waals surface area contributed by atoms with E-state index in [1.54, 1.807) is 0 Å². The van der Waals surface area contributed by atoms with Crippen molar-refractivity contribution in [3.8, 4) is 0 Å². The van der Waals surface area contributed by atoms with Crippen molar-refractivity contribution in [2.24, 2.45) is 11.8 Å². The maximum atomic E-state index is 4.61. The molecular weight excluding hydrogens is 222 g/mol. The van der Waals surface area contributed by atoms with Gasteiger partial charge >= 0.3 is 0 Å². The minimum absolute atomic E-state index is 0.509. The number of nitrogens with one attached hydrogen (secondary N) is 1. The summed E-state index contributed by atoms with van der Waals surface area (Å²) in [5, 5.41) is 8.17. The summed E-state index contributed by atoms with van der Waals surface area (Å²) in [5.41, 5.74) is 1.17. The van der Waals surface area contributed by atoms with Crippen molar-refractivity contribution in [3.63, 3.8) is 0 Å². The van der Waals surface area contributed by atoms with Crippen molar-refractivity contribution in [3.05, 3.63) is 18.0 Å². The summed E-state index contributed by atoms with van der Waals surface area (Å²) in [4.78, 5) is 0. The van der Waals surface area contributed by atoms with Gasteiger partial charge < -0.3 is 5.32 Å². The summed E-state index contributed by atoms with van der Waals surface area (Å²) in [7, 11) is 0. The van der Waals surface area contributed by atoms with Gasteiger partial charge in [0.15, 0.2) is 0 Å². The number of rotatable bonds is 6. The zero-order chi connectivity index (χ0) is 13.0. The second-order valence-electron chi connectivity index (χ2n) is 5.96. The standard InChI is InChI=1S/C15H27N3/c1-4-13(3)18-8-7-15(17-18)11-16-10-14-6-5-12(2)9-14/h7-8,12-14,16H,4-6,9-11H2,1-3H3. The number of aromatic nitrogens is 2. The Bertz CT molecular complexity index is 358. The fourth-order valence-corrected chi connectivity index (χ4v) is 2.82. The van der Waals surface area contributed by atoms with E-state index < -0.39 is 0 Å². The Morgan fingerprint density at radius 1 is 1.50 bits per heavy atom. The van der Waals surface area contributed by atoms with Crippen LogP contribution in [0.1, 0.15) is 58.2 Å². The topological polar surface area (TPSA) is 29.9 Å². The van der Waals surface area contributed by atoms with Gasteiger partial charge in [-0.25, -0.2) is 0 Å². The van der Waals surface area contributed by atoms with Gasteiger partial charge in [-0.15, -0.1) is 0 Å². The van der Waals surface area contributed by atoms with Gasteiger partial charge in [0.2, 0.25) is 0 Å². The molecule has 2 rings (SSSR count). The molecule has 1 aromatic heterocycles. The highest BCUT2D eigenvalue weighted by Crippen LogP contribution is 2.29. The van der Waals surface area contributed by atoms with E-state index in [0.717, 1.165) is 31.3 Å². The molecule has 3 unspecified atom stereocenters. The van der Waals surface area contributed by atoms with Gasteiger partial charge in [-0.05, 0) is 50.6 Å². The van der Waals surface area contributed by atoms with E-state index in [0.29, 0.717) is 6.04 Å². The number of hydrogen-bond donors (Lipinski definition) is 1. The summed E-state index contributed by atoms with van der Waals surface area (Å²) in [6, 6.07) is 2.64. The lowest BCUT2D eigenvalue weighted by atomic mass is 10.1. The van der Waals surface area contributed by atoms with Crippen LogP contribution in [0.5, 0.6) is 0 Å². The lowest BCUT2D eigenvalue weighted by Gasteiger charge is -2.10. The average molecular weight is 249 g/mol. The molecule has 1 heterocycles. The van der Waals surface area contributed by atoms with Crippen LogP contribution in [0.25, 0.3) is 0 Å². The van der Waals surface area contributed by atoms with E-state index in [-0.39, 0.29) is 0 Å². The third kappa shape index (κ3) is 3.58. The molecule has 3 nitrogen and oxygen atoms in total. The van der Waals surface area contributed by atoms with E-state index >= 15 is 0 Å². The lowest BCUT2D eigenvalue weighted by Crippen LogP contribution is -2.21. The molecule has 1 aliphatic carbocycles. The van der Waals surface area contributed by atoms with Crippen molar-refractivity contribution in [2.45, 2.75) is 59.0 Å². The molecule has 1 saturated carbocycles. The molecule has 18 heavy (non-hydrogen) atoms. The lowest BCUT2D eigenvalue weighted by molar-refractivity contribution is 0.455. The van der Waals surface area contributed by atoms with Crippen LogP contribution in [0.4, 0.5) is 0 Å². The van der Waals surface area contributed by atoms with Gasteiger partial charge in [-0.2, -0.15) is 5.10 Å². The Labute approximate surface area is 111 Å². The number of nitrogens with zero attached hydrogens (tertiary/aromatic N) is 2. The predicted molar refractivity (Wildman–Crippen MR) is 75.4 cm³/mol. The van der Waals surface area contributed by atoms with Crippen molar-refractivity contribution in [2.75, 3.05) is 6.54 Å². The molecule has 0 bridgehead atoms. The van der Waals surface area contributed by atoms with E-state index in [4.69, 9.17) is 0 Å². The molecular formula is C15H27N3. The summed E-state index contributed by atoms with van der Waals surface area (Å²) in [6.07, 6.45) is 7.44. The van der Waals surface area contributed by atoms with Crippen LogP contribution in [0, 0.1) is 11.8 Å². The largest absolute Gasteiger partial charge is 0.311 e. The van der Waals surface area contributed by atoms with Gasteiger partial charge in [0.05, 0.1) is 5.69 Å². The molecule has 1 aliphatic rings. The minimum Gasteiger partial charge on any atom is -0.311 e. The van der Waals surface area contributed by atoms with E-state index in [1.165, 1.54) is 25.0 Å². The Hall–Kier alpha value is -0.830. The quantitative estimate of drug-likeness (QED) is 0.837. The van der Waals surface area contributed by atoms with Crippen LogP contribution in [0.2, 0.25) is 0 Å². The van der Waals surface area contributed by atoms with Crippen molar-refractivity contribution >= 4 is 0 Å². The fourth-order valence-electron chi connectivity index (χ4n) is 2.82. The fraction of sp³-hybridized carbons (Fsp3) is 0.800. The Morgan fingerprint density at radius 3 is 3.00 bits per heavy atom. The first-order valence-electron chi connectivity index (χ1n) is 7.43. The number of hydrogen-bond acceptors (Lipinski definition) is 2. The second kappa shape index (κ2) is 6.37. The Morgan fingerprint density at radius 2 is 2.33 bits per heavy atom. The highest BCUT2D eigenvalue weighted by molar-refractivity contribution is 4.99. The van der Waals surface area contributed by atoms with Crippen LogP contribution >= 0.6 is 0 Å². The van der Waals surface area contributed by atoms with Crippen LogP contribution in [0.15, 0.2) is 12.3 Å². The second-order valence-corrected chi connectivity index (χ2v) is 5.96. The monoisotopic (exact) mass is 249 g/mol. The Balaban J connectivity index is 1.71. The highest BCUT2D eigenvalue weighted by atomic mass is 15.3. The molecule has 0 amide bonds. The first-order chi connectivity index (χ1) is 8.69. The van der Waals surface area contributed by atoms with Crippen molar-refractivity contribution < 1.29 is 0 Å². The summed E-state index contributed by atoms with van der Waals surface area (Å²) < 4.78 is 2.08. The van der Waals surface area contributed by atoms with E-state index in [1.807, 2.05) is 0 Å². The molecule has 0 aliphatic heterocycles. The summed E-state index contributed by atoms with van der Waals surface area (Å²) >= 11 is 0. The average Bonchev–Trinajstić information content (AvgIpc) is 2.98. The van der Waals surface area contributed by atoms with Crippen LogP contribution in [-0.4, -0.2) is 16.3 Å². The molecule has 0 aromatic carbocycles. The summed E-state index contributed by atoms with van der Waals surface area (Å²) in [6.45, 7) is 8.85. The van der Waals surface area contributed by atoms with Gasteiger partial charge in [0.1, 0.15) is 0 Å². The molecule has 1 aromatic rings. The van der Waals surface area contributed by atoms with E-state index in [9.17, 15) is 0 Å². The maximum Gasteiger partial charge on any atom is 0.0762 e. The highest BCUT2D eigenvalue weighted by Gasteiger charge is 2.20. The summed E-state index contributed by atoms with van der Waals surface area (Å²) in [5.74, 6) is 1.82. The van der Waals surface area contributed by atoms with Crippen LogP contribution in [-0.2, 0) is 6.54 Å². The van der Waals surface area contributed by atoms with Crippen molar-refractivity contribution in [1.29, 1.82) is 0 Å². The molecule has 1 N–H and O–H groups in total. The molecule has 0 spiro atoms. The third-order valence-electron chi connectivity index (χ3n) is 4.25. The van der Waals surface area contributed by atoms with Crippen LogP contribution < -0.4 is 5.32 Å². The van der Waals surface area contributed by atoms with Gasteiger partial charge in [-0.1, -0.05) is 20.3 Å². The van der Waals surface area contributed by atoms with Crippen LogP contribution in [0.3, 0.4) is 0 Å². The zero-order valence-electron chi connectivity index (χ0n) is 12.0. The van der Waals surface area contributed by atoms with E-state index in [2.05, 4.69) is 48.1 Å². The zero-order valence-corrected chi connectivity index (χ0v) is 12.0. The predicted octanol–water partition coefficient (Wildman–Crippen LogP) is 3.38. The smallest absolute Gasteiger partial charge is 0.0762 e. The van der Waals surface area contributed by atoms with Gasteiger partial charge in [0, 0.05) is 18.8 Å². The van der Waals surface area contributed by atoms with Gasteiger partial charge in [0.25, 0.3) is 0 Å². The molecule has 102 valence electrons. The third-order valence-corrected chi connectivity index (χ3v) is 4.25. The first-order valence-corrected chi connectivity index (χ1v) is 7.43. The molecule has 3 atom stereocenters. The molecule has 0 radical (unpaired) electrons. The minimum atomic E-state index is 0.509. The Kier molecular flexibility index (Phi) is 4.81.